The molecular weight excluding hydrogens is 318 g/mol. The first-order chi connectivity index (χ1) is 10.3. The molecule has 0 aromatic carbocycles. The number of H-pyrrole nitrogens is 1. The summed E-state index contributed by atoms with van der Waals surface area (Å²) in [5.74, 6) is 1.12. The fourth-order valence-corrected chi connectivity index (χ4v) is 4.08. The second kappa shape index (κ2) is 6.18. The molecular formula is C16H16ClN3OS. The Hall–Kier alpha value is -1.72. The summed E-state index contributed by atoms with van der Waals surface area (Å²) < 4.78 is 0.733. The van der Waals surface area contributed by atoms with Crippen molar-refractivity contribution in [3.05, 3.63) is 45.7 Å². The predicted molar refractivity (Wildman–Crippen MR) is 91.9 cm³/mol. The average molecular weight is 334 g/mol. The summed E-state index contributed by atoms with van der Waals surface area (Å²) in [4.78, 5) is 24.1. The summed E-state index contributed by atoms with van der Waals surface area (Å²) in [6.45, 7) is 0. The fraction of sp³-hybridized carbons (Fsp3) is 0.312. The number of hydrogen-bond donors (Lipinski definition) is 1. The second-order valence-corrected chi connectivity index (χ2v) is 6.36. The van der Waals surface area contributed by atoms with Gasteiger partial charge in [-0.15, -0.1) is 23.7 Å². The van der Waals surface area contributed by atoms with E-state index in [9.17, 15) is 4.79 Å². The van der Waals surface area contributed by atoms with Gasteiger partial charge in [-0.05, 0) is 41.8 Å². The highest BCUT2D eigenvalue weighted by molar-refractivity contribution is 7.17. The second-order valence-electron chi connectivity index (χ2n) is 5.48. The topological polar surface area (TPSA) is 58.6 Å². The summed E-state index contributed by atoms with van der Waals surface area (Å²) in [7, 11) is 0. The minimum atomic E-state index is -0.0603. The molecule has 1 fully saturated rings. The van der Waals surface area contributed by atoms with E-state index in [-0.39, 0.29) is 18.0 Å². The summed E-state index contributed by atoms with van der Waals surface area (Å²) in [6.07, 6.45) is 6.68. The number of halogens is 1. The standard InChI is InChI=1S/C16H15N3OS.ClH/c20-16-14-13(11(9-21-14)10-5-1-2-6-10)18-15(19-16)12-7-3-4-8-17-12;/h3-4,7-10H,1-2,5-6H2,(H,18,19,20);1H. The van der Waals surface area contributed by atoms with Gasteiger partial charge in [0.25, 0.3) is 5.56 Å². The van der Waals surface area contributed by atoms with E-state index < -0.39 is 0 Å². The number of nitrogens with one attached hydrogen (secondary N) is 1. The molecule has 4 rings (SSSR count). The van der Waals surface area contributed by atoms with Crippen LogP contribution in [0, 0.1) is 0 Å². The van der Waals surface area contributed by atoms with Crippen molar-refractivity contribution in [1.82, 2.24) is 15.0 Å². The highest BCUT2D eigenvalue weighted by atomic mass is 35.5. The van der Waals surface area contributed by atoms with Gasteiger partial charge in [-0.25, -0.2) is 4.98 Å². The van der Waals surface area contributed by atoms with E-state index in [1.165, 1.54) is 42.6 Å². The quantitative estimate of drug-likeness (QED) is 0.767. The Labute approximate surface area is 138 Å². The van der Waals surface area contributed by atoms with Crippen LogP contribution in [0.5, 0.6) is 0 Å². The maximum atomic E-state index is 12.3. The SMILES string of the molecule is Cl.O=c1[nH]c(-c2ccccn2)nc2c(C3CCCC3)csc12. The van der Waals surface area contributed by atoms with Crippen molar-refractivity contribution >= 4 is 34.0 Å². The smallest absolute Gasteiger partial charge is 0.269 e. The van der Waals surface area contributed by atoms with Crippen molar-refractivity contribution in [3.8, 4) is 11.5 Å². The Morgan fingerprint density at radius 1 is 1.23 bits per heavy atom. The normalized spacial score (nSPS) is 15.1. The summed E-state index contributed by atoms with van der Waals surface area (Å²) in [5.41, 5.74) is 2.77. The molecule has 0 amide bonds. The van der Waals surface area contributed by atoms with E-state index in [2.05, 4.69) is 15.3 Å². The minimum Gasteiger partial charge on any atom is -0.304 e. The number of hydrogen-bond acceptors (Lipinski definition) is 4. The first-order valence-electron chi connectivity index (χ1n) is 7.26. The van der Waals surface area contributed by atoms with Gasteiger partial charge < -0.3 is 4.98 Å². The third-order valence-electron chi connectivity index (χ3n) is 4.16. The summed E-state index contributed by atoms with van der Waals surface area (Å²) in [5, 5.41) is 2.12. The highest BCUT2D eigenvalue weighted by Gasteiger charge is 2.22. The third-order valence-corrected chi connectivity index (χ3v) is 5.14. The van der Waals surface area contributed by atoms with Crippen LogP contribution < -0.4 is 5.56 Å². The van der Waals surface area contributed by atoms with Gasteiger partial charge in [-0.3, -0.25) is 9.78 Å². The summed E-state index contributed by atoms with van der Waals surface area (Å²) in [6, 6.07) is 5.62. The van der Waals surface area contributed by atoms with Crippen LogP contribution in [-0.2, 0) is 0 Å². The van der Waals surface area contributed by atoms with Gasteiger partial charge in [-0.1, -0.05) is 18.9 Å². The zero-order chi connectivity index (χ0) is 14.2. The Morgan fingerprint density at radius 2 is 2.05 bits per heavy atom. The molecule has 114 valence electrons. The number of fused-ring (bicyclic) bond motifs is 1. The summed E-state index contributed by atoms with van der Waals surface area (Å²) >= 11 is 1.50. The molecule has 4 nitrogen and oxygen atoms in total. The van der Waals surface area contributed by atoms with Gasteiger partial charge in [0.1, 0.15) is 10.4 Å². The average Bonchev–Trinajstić information content (AvgIpc) is 3.16. The molecule has 22 heavy (non-hydrogen) atoms. The van der Waals surface area contributed by atoms with Crippen molar-refractivity contribution in [2.24, 2.45) is 0 Å². The van der Waals surface area contributed by atoms with Crippen molar-refractivity contribution in [2.45, 2.75) is 31.6 Å². The molecule has 0 unspecified atom stereocenters. The van der Waals surface area contributed by atoms with Crippen molar-refractivity contribution in [2.75, 3.05) is 0 Å². The third kappa shape index (κ3) is 2.55. The first kappa shape index (κ1) is 15.2. The lowest BCUT2D eigenvalue weighted by Gasteiger charge is -2.07. The van der Waals surface area contributed by atoms with E-state index in [4.69, 9.17) is 4.98 Å². The Bertz CT molecular complexity index is 837. The van der Waals surface area contributed by atoms with Gasteiger partial charge in [0, 0.05) is 6.20 Å². The van der Waals surface area contributed by atoms with E-state index in [1.54, 1.807) is 6.20 Å². The van der Waals surface area contributed by atoms with E-state index in [0.29, 0.717) is 17.4 Å². The van der Waals surface area contributed by atoms with Crippen LogP contribution in [0.25, 0.3) is 21.7 Å². The lowest BCUT2D eigenvalue weighted by Crippen LogP contribution is -2.09. The molecule has 3 heterocycles. The van der Waals surface area contributed by atoms with Crippen LogP contribution in [0.1, 0.15) is 37.2 Å². The van der Waals surface area contributed by atoms with Crippen LogP contribution in [0.2, 0.25) is 0 Å². The van der Waals surface area contributed by atoms with E-state index >= 15 is 0 Å². The zero-order valence-electron chi connectivity index (χ0n) is 11.9. The van der Waals surface area contributed by atoms with Crippen LogP contribution in [0.3, 0.4) is 0 Å². The Balaban J connectivity index is 0.00000144. The molecule has 1 saturated carbocycles. The van der Waals surface area contributed by atoms with Crippen LogP contribution in [-0.4, -0.2) is 15.0 Å². The molecule has 3 aromatic rings. The predicted octanol–water partition coefficient (Wildman–Crippen LogP) is 4.13. The molecule has 0 spiro atoms. The van der Waals surface area contributed by atoms with Crippen LogP contribution >= 0.6 is 23.7 Å². The number of rotatable bonds is 2. The van der Waals surface area contributed by atoms with Gasteiger partial charge in [0.15, 0.2) is 5.82 Å². The number of aromatic amines is 1. The van der Waals surface area contributed by atoms with Crippen molar-refractivity contribution in [1.29, 1.82) is 0 Å². The zero-order valence-corrected chi connectivity index (χ0v) is 13.5. The molecule has 1 aliphatic carbocycles. The molecule has 1 aliphatic rings. The van der Waals surface area contributed by atoms with E-state index in [0.717, 1.165) is 10.2 Å². The van der Waals surface area contributed by atoms with Crippen molar-refractivity contribution in [3.63, 3.8) is 0 Å². The minimum absolute atomic E-state index is 0. The monoisotopic (exact) mass is 333 g/mol. The molecule has 1 N–H and O–H groups in total. The number of thiophene rings is 1. The van der Waals surface area contributed by atoms with Crippen LogP contribution in [0.15, 0.2) is 34.6 Å². The molecule has 6 heteroatoms. The Kier molecular flexibility index (Phi) is 4.27. The number of aromatic nitrogens is 3. The van der Waals surface area contributed by atoms with Crippen molar-refractivity contribution < 1.29 is 0 Å². The lowest BCUT2D eigenvalue weighted by atomic mass is 10.00. The molecule has 0 radical (unpaired) electrons. The fourth-order valence-electron chi connectivity index (χ4n) is 3.10. The molecule has 0 aliphatic heterocycles. The molecule has 0 bridgehead atoms. The molecule has 0 atom stereocenters. The molecule has 3 aromatic heterocycles. The highest BCUT2D eigenvalue weighted by Crippen LogP contribution is 2.38. The maximum absolute atomic E-state index is 12.3. The molecule has 0 saturated heterocycles. The van der Waals surface area contributed by atoms with E-state index in [1.807, 2.05) is 18.2 Å². The van der Waals surface area contributed by atoms with Gasteiger partial charge in [0.2, 0.25) is 0 Å². The largest absolute Gasteiger partial charge is 0.304 e. The number of pyridine rings is 1. The van der Waals surface area contributed by atoms with Gasteiger partial charge in [0.05, 0.1) is 5.52 Å². The lowest BCUT2D eigenvalue weighted by molar-refractivity contribution is 0.730. The van der Waals surface area contributed by atoms with Gasteiger partial charge in [-0.2, -0.15) is 0 Å². The maximum Gasteiger partial charge on any atom is 0.269 e. The van der Waals surface area contributed by atoms with Crippen LogP contribution in [0.4, 0.5) is 0 Å². The first-order valence-corrected chi connectivity index (χ1v) is 8.14. The Morgan fingerprint density at radius 3 is 2.77 bits per heavy atom. The number of nitrogens with zero attached hydrogens (tertiary/aromatic N) is 2. The van der Waals surface area contributed by atoms with Gasteiger partial charge >= 0.3 is 0 Å².